The Hall–Kier alpha value is -1.68. The molecule has 1 heterocycles. The SMILES string of the molecule is CC(C)(O)C1CCCN1C(=O)CCC(=O)c1ccc2c(c1)CCC2. The zero-order chi connectivity index (χ0) is 17.3. The molecular formula is C20H27NO3. The van der Waals surface area contributed by atoms with Gasteiger partial charge in [-0.3, -0.25) is 9.59 Å². The minimum Gasteiger partial charge on any atom is -0.388 e. The van der Waals surface area contributed by atoms with E-state index in [2.05, 4.69) is 6.07 Å². The molecule has 4 nitrogen and oxygen atoms in total. The summed E-state index contributed by atoms with van der Waals surface area (Å²) in [6.45, 7) is 4.18. The number of carbonyl (C=O) groups is 2. The van der Waals surface area contributed by atoms with E-state index in [4.69, 9.17) is 0 Å². The van der Waals surface area contributed by atoms with Gasteiger partial charge >= 0.3 is 0 Å². The summed E-state index contributed by atoms with van der Waals surface area (Å²) in [6.07, 6.45) is 5.53. The van der Waals surface area contributed by atoms with Gasteiger partial charge in [-0.1, -0.05) is 12.1 Å². The number of ketones is 1. The van der Waals surface area contributed by atoms with Crippen molar-refractivity contribution in [3.8, 4) is 0 Å². The van der Waals surface area contributed by atoms with Crippen LogP contribution in [0.3, 0.4) is 0 Å². The van der Waals surface area contributed by atoms with E-state index in [0.717, 1.165) is 31.2 Å². The van der Waals surface area contributed by atoms with Crippen LogP contribution in [0.1, 0.15) is 67.4 Å². The van der Waals surface area contributed by atoms with Crippen LogP contribution in [-0.2, 0) is 17.6 Å². The molecule has 1 aromatic rings. The molecule has 4 heteroatoms. The van der Waals surface area contributed by atoms with Crippen LogP contribution in [0.2, 0.25) is 0 Å². The third-order valence-electron chi connectivity index (χ3n) is 5.38. The molecule has 0 spiro atoms. The fourth-order valence-electron chi connectivity index (χ4n) is 4.05. The van der Waals surface area contributed by atoms with Crippen molar-refractivity contribution in [2.75, 3.05) is 6.54 Å². The maximum atomic E-state index is 12.5. The van der Waals surface area contributed by atoms with Crippen LogP contribution < -0.4 is 0 Å². The van der Waals surface area contributed by atoms with Gasteiger partial charge in [-0.2, -0.15) is 0 Å². The van der Waals surface area contributed by atoms with Gasteiger partial charge in [0.25, 0.3) is 0 Å². The van der Waals surface area contributed by atoms with Gasteiger partial charge in [-0.15, -0.1) is 0 Å². The second-order valence-electron chi connectivity index (χ2n) is 7.66. The normalized spacial score (nSPS) is 20.3. The van der Waals surface area contributed by atoms with Crippen molar-refractivity contribution >= 4 is 11.7 Å². The largest absolute Gasteiger partial charge is 0.388 e. The maximum absolute atomic E-state index is 12.5. The highest BCUT2D eigenvalue weighted by Gasteiger charge is 2.38. The summed E-state index contributed by atoms with van der Waals surface area (Å²) in [7, 11) is 0. The fraction of sp³-hybridized carbons (Fsp3) is 0.600. The Labute approximate surface area is 143 Å². The number of hydrogen-bond acceptors (Lipinski definition) is 3. The molecule has 0 saturated carbocycles. The molecule has 0 aromatic heterocycles. The molecular weight excluding hydrogens is 302 g/mol. The van der Waals surface area contributed by atoms with E-state index in [1.54, 1.807) is 18.7 Å². The number of Topliss-reactive ketones (excluding diaryl/α,β-unsaturated/α-hetero) is 1. The molecule has 0 bridgehead atoms. The number of aryl methyl sites for hydroxylation is 2. The van der Waals surface area contributed by atoms with Crippen LogP contribution in [0.25, 0.3) is 0 Å². The minimum atomic E-state index is -0.893. The number of fused-ring (bicyclic) bond motifs is 1. The molecule has 0 radical (unpaired) electrons. The monoisotopic (exact) mass is 329 g/mol. The van der Waals surface area contributed by atoms with Gasteiger partial charge in [0, 0.05) is 24.9 Å². The molecule has 1 aliphatic heterocycles. The third kappa shape index (κ3) is 3.54. The predicted octanol–water partition coefficient (Wildman–Crippen LogP) is 2.90. The topological polar surface area (TPSA) is 57.6 Å². The summed E-state index contributed by atoms with van der Waals surface area (Å²) in [5.74, 6) is 0.0196. The van der Waals surface area contributed by atoms with Crippen LogP contribution in [0.4, 0.5) is 0 Å². The zero-order valence-corrected chi connectivity index (χ0v) is 14.7. The highest BCUT2D eigenvalue weighted by molar-refractivity contribution is 5.98. The van der Waals surface area contributed by atoms with Crippen molar-refractivity contribution in [2.45, 2.75) is 70.4 Å². The summed E-state index contributed by atoms with van der Waals surface area (Å²) >= 11 is 0. The second kappa shape index (κ2) is 6.67. The van der Waals surface area contributed by atoms with E-state index < -0.39 is 5.60 Å². The van der Waals surface area contributed by atoms with Crippen LogP contribution in [0, 0.1) is 0 Å². The molecule has 1 unspecified atom stereocenters. The van der Waals surface area contributed by atoms with Gasteiger partial charge in [-0.25, -0.2) is 0 Å². The molecule has 1 aromatic carbocycles. The van der Waals surface area contributed by atoms with Gasteiger partial charge in [0.2, 0.25) is 5.91 Å². The van der Waals surface area contributed by atoms with Crippen molar-refractivity contribution in [3.63, 3.8) is 0 Å². The van der Waals surface area contributed by atoms with E-state index in [9.17, 15) is 14.7 Å². The van der Waals surface area contributed by atoms with Crippen molar-refractivity contribution in [1.29, 1.82) is 0 Å². The molecule has 1 fully saturated rings. The Morgan fingerprint density at radius 2 is 1.92 bits per heavy atom. The van der Waals surface area contributed by atoms with E-state index in [-0.39, 0.29) is 30.6 Å². The first-order valence-electron chi connectivity index (χ1n) is 9.03. The van der Waals surface area contributed by atoms with E-state index in [0.29, 0.717) is 6.54 Å². The van der Waals surface area contributed by atoms with E-state index in [1.165, 1.54) is 17.5 Å². The fourth-order valence-corrected chi connectivity index (χ4v) is 4.05. The van der Waals surface area contributed by atoms with E-state index >= 15 is 0 Å². The average molecular weight is 329 g/mol. The average Bonchev–Trinajstić information content (AvgIpc) is 3.19. The Kier molecular flexibility index (Phi) is 4.77. The number of aliphatic hydroxyl groups is 1. The Morgan fingerprint density at radius 1 is 1.17 bits per heavy atom. The van der Waals surface area contributed by atoms with Gasteiger partial charge in [0.1, 0.15) is 0 Å². The van der Waals surface area contributed by atoms with Crippen LogP contribution in [0.5, 0.6) is 0 Å². The van der Waals surface area contributed by atoms with Crippen LogP contribution in [0.15, 0.2) is 18.2 Å². The number of likely N-dealkylation sites (tertiary alicyclic amines) is 1. The first-order chi connectivity index (χ1) is 11.4. The number of nitrogens with zero attached hydrogens (tertiary/aromatic N) is 1. The number of rotatable bonds is 5. The highest BCUT2D eigenvalue weighted by Crippen LogP contribution is 2.28. The predicted molar refractivity (Wildman–Crippen MR) is 93.1 cm³/mol. The summed E-state index contributed by atoms with van der Waals surface area (Å²) < 4.78 is 0. The van der Waals surface area contributed by atoms with E-state index in [1.807, 2.05) is 12.1 Å². The minimum absolute atomic E-state index is 0.0193. The van der Waals surface area contributed by atoms with Crippen LogP contribution in [-0.4, -0.2) is 39.9 Å². The quantitative estimate of drug-likeness (QED) is 0.845. The van der Waals surface area contributed by atoms with Crippen LogP contribution >= 0.6 is 0 Å². The first kappa shape index (κ1) is 17.2. The Morgan fingerprint density at radius 3 is 2.67 bits per heavy atom. The van der Waals surface area contributed by atoms with Crippen molar-refractivity contribution in [3.05, 3.63) is 34.9 Å². The van der Waals surface area contributed by atoms with Gasteiger partial charge in [-0.05, 0) is 63.1 Å². The summed E-state index contributed by atoms with van der Waals surface area (Å²) in [5.41, 5.74) is 2.47. The molecule has 2 aliphatic rings. The molecule has 130 valence electrons. The first-order valence-corrected chi connectivity index (χ1v) is 9.03. The zero-order valence-electron chi connectivity index (χ0n) is 14.7. The lowest BCUT2D eigenvalue weighted by Gasteiger charge is -2.33. The van der Waals surface area contributed by atoms with Gasteiger partial charge in [0.15, 0.2) is 5.78 Å². The molecule has 1 aliphatic carbocycles. The standard InChI is InChI=1S/C20H27NO3/c1-20(2,24)18-7-4-12-21(18)19(23)11-10-17(22)16-9-8-14-5-3-6-15(14)13-16/h8-9,13,18,24H,3-7,10-12H2,1-2H3. The Bertz CT molecular complexity index is 645. The van der Waals surface area contributed by atoms with Crippen molar-refractivity contribution in [1.82, 2.24) is 4.90 Å². The molecule has 1 N–H and O–H groups in total. The van der Waals surface area contributed by atoms with Crippen molar-refractivity contribution < 1.29 is 14.7 Å². The maximum Gasteiger partial charge on any atom is 0.223 e. The second-order valence-corrected chi connectivity index (χ2v) is 7.66. The Balaban J connectivity index is 1.59. The van der Waals surface area contributed by atoms with Crippen molar-refractivity contribution in [2.24, 2.45) is 0 Å². The lowest BCUT2D eigenvalue weighted by atomic mass is 9.96. The third-order valence-corrected chi connectivity index (χ3v) is 5.38. The lowest BCUT2D eigenvalue weighted by Crippen LogP contribution is -2.48. The smallest absolute Gasteiger partial charge is 0.223 e. The summed E-state index contributed by atoms with van der Waals surface area (Å²) in [6, 6.07) is 5.82. The van der Waals surface area contributed by atoms with Gasteiger partial charge < -0.3 is 10.0 Å². The molecule has 1 atom stereocenters. The molecule has 3 rings (SSSR count). The lowest BCUT2D eigenvalue weighted by molar-refractivity contribution is -0.136. The van der Waals surface area contributed by atoms with Gasteiger partial charge in [0.05, 0.1) is 11.6 Å². The molecule has 1 amide bonds. The number of carbonyl (C=O) groups excluding carboxylic acids is 2. The number of hydrogen-bond donors (Lipinski definition) is 1. The summed E-state index contributed by atoms with van der Waals surface area (Å²) in [4.78, 5) is 26.7. The molecule has 24 heavy (non-hydrogen) atoms. The number of amides is 1. The summed E-state index contributed by atoms with van der Waals surface area (Å²) in [5, 5.41) is 10.2. The highest BCUT2D eigenvalue weighted by atomic mass is 16.3. The number of benzene rings is 1. The molecule has 1 saturated heterocycles.